The molecule has 3 heterocycles. The number of nitrogens with zero attached hydrogens (tertiary/aromatic N) is 3. The number of fused-ring (bicyclic) bond motifs is 1. The number of hydrogen-bond acceptors (Lipinski definition) is 4. The van der Waals surface area contributed by atoms with Gasteiger partial charge in [0.05, 0.1) is 5.92 Å². The number of nitrogens with one attached hydrogen (secondary N) is 2. The van der Waals surface area contributed by atoms with E-state index in [4.69, 9.17) is 0 Å². The molecule has 0 radical (unpaired) electrons. The maximum Gasteiger partial charge on any atom is 0.231 e. The highest BCUT2D eigenvalue weighted by molar-refractivity contribution is 6.04. The van der Waals surface area contributed by atoms with Gasteiger partial charge in [-0.15, -0.1) is 0 Å². The van der Waals surface area contributed by atoms with E-state index in [-0.39, 0.29) is 30.1 Å². The number of carbonyl (C=O) groups is 3. The zero-order chi connectivity index (χ0) is 20.9. The summed E-state index contributed by atoms with van der Waals surface area (Å²) in [6.45, 7) is 6.22. The summed E-state index contributed by atoms with van der Waals surface area (Å²) in [6, 6.07) is 5.88. The van der Waals surface area contributed by atoms with Gasteiger partial charge in [-0.05, 0) is 43.5 Å². The minimum atomic E-state index is -0.447. The summed E-state index contributed by atoms with van der Waals surface area (Å²) in [4.78, 5) is 39.0. The van der Waals surface area contributed by atoms with Crippen molar-refractivity contribution in [1.29, 1.82) is 0 Å². The van der Waals surface area contributed by atoms with Crippen molar-refractivity contribution in [2.45, 2.75) is 33.6 Å². The second-order valence-electron chi connectivity index (χ2n) is 8.06. The molecule has 29 heavy (non-hydrogen) atoms. The molecule has 1 aromatic carbocycles. The first-order chi connectivity index (χ1) is 13.7. The zero-order valence-corrected chi connectivity index (χ0v) is 17.1. The van der Waals surface area contributed by atoms with Crippen LogP contribution in [0.2, 0.25) is 0 Å². The molecule has 3 amide bonds. The van der Waals surface area contributed by atoms with Crippen LogP contribution in [0.4, 0.5) is 17.3 Å². The van der Waals surface area contributed by atoms with Crippen molar-refractivity contribution in [3.8, 4) is 0 Å². The van der Waals surface area contributed by atoms with Gasteiger partial charge in [0.1, 0.15) is 5.82 Å². The van der Waals surface area contributed by atoms with Crippen molar-refractivity contribution < 1.29 is 14.4 Å². The maximum absolute atomic E-state index is 12.9. The maximum atomic E-state index is 12.9. The fourth-order valence-electron chi connectivity index (χ4n) is 3.90. The van der Waals surface area contributed by atoms with E-state index in [2.05, 4.69) is 15.7 Å². The van der Waals surface area contributed by atoms with Gasteiger partial charge in [0.2, 0.25) is 17.7 Å². The Morgan fingerprint density at radius 3 is 2.69 bits per heavy atom. The number of carbonyl (C=O) groups excluding carboxylic acids is 3. The Labute approximate surface area is 169 Å². The molecule has 8 nitrogen and oxygen atoms in total. The smallest absolute Gasteiger partial charge is 0.231 e. The average molecular weight is 395 g/mol. The molecule has 2 aliphatic rings. The van der Waals surface area contributed by atoms with Crippen molar-refractivity contribution in [2.75, 3.05) is 22.1 Å². The molecule has 0 bridgehead atoms. The highest BCUT2D eigenvalue weighted by Crippen LogP contribution is 2.32. The predicted molar refractivity (Wildman–Crippen MR) is 110 cm³/mol. The quantitative estimate of drug-likeness (QED) is 0.832. The number of rotatable bonds is 3. The van der Waals surface area contributed by atoms with Crippen LogP contribution in [0.15, 0.2) is 18.2 Å². The molecule has 2 N–H and O–H groups in total. The van der Waals surface area contributed by atoms with E-state index in [0.717, 1.165) is 22.4 Å². The Kier molecular flexibility index (Phi) is 4.64. The molecule has 2 aliphatic heterocycles. The molecule has 4 rings (SSSR count). The summed E-state index contributed by atoms with van der Waals surface area (Å²) in [7, 11) is 1.73. The number of aryl methyl sites for hydroxylation is 3. The van der Waals surface area contributed by atoms with Gasteiger partial charge >= 0.3 is 0 Å². The van der Waals surface area contributed by atoms with E-state index in [0.29, 0.717) is 24.6 Å². The molecule has 0 spiro atoms. The first-order valence-electron chi connectivity index (χ1n) is 9.79. The van der Waals surface area contributed by atoms with Gasteiger partial charge in [-0.25, -0.2) is 0 Å². The Balaban J connectivity index is 1.50. The standard InChI is InChI=1S/C21H25N5O3/c1-11-5-6-15(7-12(11)2)26-10-14(9-17(26)27)21(29)22-18-16-8-13(3)20(28)23-19(16)25(4)24-18/h5-7,13-14H,8-10H2,1-4H3,(H,23,28)(H,22,24,29)/t13-,14+/m0/s1. The molecule has 8 heteroatoms. The minimum Gasteiger partial charge on any atom is -0.312 e. The fraction of sp³-hybridized carbons (Fsp3) is 0.429. The van der Waals surface area contributed by atoms with E-state index in [1.807, 2.05) is 39.0 Å². The van der Waals surface area contributed by atoms with Gasteiger partial charge in [-0.3, -0.25) is 19.1 Å². The molecule has 0 aliphatic carbocycles. The first-order valence-corrected chi connectivity index (χ1v) is 9.79. The van der Waals surface area contributed by atoms with Gasteiger partial charge in [-0.2, -0.15) is 5.10 Å². The van der Waals surface area contributed by atoms with E-state index < -0.39 is 5.92 Å². The number of anilines is 3. The van der Waals surface area contributed by atoms with E-state index in [9.17, 15) is 14.4 Å². The van der Waals surface area contributed by atoms with Crippen molar-refractivity contribution in [3.05, 3.63) is 34.9 Å². The normalized spacial score (nSPS) is 21.2. The SMILES string of the molecule is Cc1ccc(N2C[C@H](C(=O)Nc3nn(C)c4c3C[C@H](C)C(=O)N4)CC2=O)cc1C. The number of amides is 3. The van der Waals surface area contributed by atoms with Crippen LogP contribution in [-0.2, 0) is 27.9 Å². The van der Waals surface area contributed by atoms with Gasteiger partial charge in [0, 0.05) is 37.2 Å². The lowest BCUT2D eigenvalue weighted by Crippen LogP contribution is -2.30. The Hall–Kier alpha value is -3.16. The number of hydrogen-bond donors (Lipinski definition) is 2. The lowest BCUT2D eigenvalue weighted by molar-refractivity contribution is -0.122. The Morgan fingerprint density at radius 2 is 1.97 bits per heavy atom. The third kappa shape index (κ3) is 3.39. The fourth-order valence-corrected chi connectivity index (χ4v) is 3.90. The lowest BCUT2D eigenvalue weighted by Gasteiger charge is -2.20. The van der Waals surface area contributed by atoms with E-state index in [1.165, 1.54) is 0 Å². The van der Waals surface area contributed by atoms with Crippen molar-refractivity contribution in [3.63, 3.8) is 0 Å². The molecule has 1 aromatic heterocycles. The van der Waals surface area contributed by atoms with Crippen LogP contribution >= 0.6 is 0 Å². The van der Waals surface area contributed by atoms with Gasteiger partial charge in [0.25, 0.3) is 0 Å². The van der Waals surface area contributed by atoms with Crippen LogP contribution in [0.5, 0.6) is 0 Å². The lowest BCUT2D eigenvalue weighted by atomic mass is 9.97. The zero-order valence-electron chi connectivity index (χ0n) is 17.1. The molecule has 1 saturated heterocycles. The molecule has 1 fully saturated rings. The van der Waals surface area contributed by atoms with E-state index >= 15 is 0 Å². The molecule has 0 unspecified atom stereocenters. The summed E-state index contributed by atoms with van der Waals surface area (Å²) in [5.41, 5.74) is 3.92. The number of benzene rings is 1. The molecular formula is C21H25N5O3. The van der Waals surface area contributed by atoms with Crippen LogP contribution in [0.3, 0.4) is 0 Å². The highest BCUT2D eigenvalue weighted by Gasteiger charge is 2.36. The van der Waals surface area contributed by atoms with Crippen LogP contribution in [0.25, 0.3) is 0 Å². The predicted octanol–water partition coefficient (Wildman–Crippen LogP) is 2.16. The van der Waals surface area contributed by atoms with E-state index in [1.54, 1.807) is 16.6 Å². The second kappa shape index (κ2) is 7.02. The van der Waals surface area contributed by atoms with Crippen LogP contribution < -0.4 is 15.5 Å². The second-order valence-corrected chi connectivity index (χ2v) is 8.06. The summed E-state index contributed by atoms with van der Waals surface area (Å²) in [6.07, 6.45) is 0.684. The molecule has 0 saturated carbocycles. The monoisotopic (exact) mass is 395 g/mol. The molecule has 2 atom stereocenters. The first kappa shape index (κ1) is 19.2. The van der Waals surface area contributed by atoms with Crippen molar-refractivity contribution >= 4 is 35.0 Å². The van der Waals surface area contributed by atoms with Gasteiger partial charge < -0.3 is 15.5 Å². The molecule has 152 valence electrons. The number of aromatic nitrogens is 2. The summed E-state index contributed by atoms with van der Waals surface area (Å²) in [5, 5.41) is 10.1. The van der Waals surface area contributed by atoms with Gasteiger partial charge in [0.15, 0.2) is 5.82 Å². The largest absolute Gasteiger partial charge is 0.312 e. The Bertz CT molecular complexity index is 1030. The molecular weight excluding hydrogens is 370 g/mol. The van der Waals surface area contributed by atoms with Crippen LogP contribution in [0.1, 0.15) is 30.0 Å². The summed E-state index contributed by atoms with van der Waals surface area (Å²) < 4.78 is 1.57. The Morgan fingerprint density at radius 1 is 1.21 bits per heavy atom. The third-order valence-corrected chi connectivity index (χ3v) is 5.88. The van der Waals surface area contributed by atoms with Crippen molar-refractivity contribution in [2.24, 2.45) is 18.9 Å². The topological polar surface area (TPSA) is 96.3 Å². The van der Waals surface area contributed by atoms with Crippen LogP contribution in [0, 0.1) is 25.7 Å². The van der Waals surface area contributed by atoms with Crippen LogP contribution in [-0.4, -0.2) is 34.0 Å². The summed E-state index contributed by atoms with van der Waals surface area (Å²) >= 11 is 0. The average Bonchev–Trinajstić information content (AvgIpc) is 3.19. The minimum absolute atomic E-state index is 0.0520. The highest BCUT2D eigenvalue weighted by atomic mass is 16.2. The third-order valence-electron chi connectivity index (χ3n) is 5.88. The molecule has 2 aromatic rings. The van der Waals surface area contributed by atoms with Gasteiger partial charge in [-0.1, -0.05) is 13.0 Å². The summed E-state index contributed by atoms with van der Waals surface area (Å²) in [5.74, 6) is 0.100. The van der Waals surface area contributed by atoms with Crippen molar-refractivity contribution in [1.82, 2.24) is 9.78 Å².